The second kappa shape index (κ2) is 6.10. The third-order valence-electron chi connectivity index (χ3n) is 2.69. The molecule has 0 aliphatic carbocycles. The van der Waals surface area contributed by atoms with Crippen LogP contribution in [0.2, 0.25) is 0 Å². The molecule has 0 aliphatic heterocycles. The maximum Gasteiger partial charge on any atom is 0.254 e. The molecule has 2 nitrogen and oxygen atoms in total. The Labute approximate surface area is 104 Å². The molecule has 0 heterocycles. The van der Waals surface area contributed by atoms with Gasteiger partial charge in [0.1, 0.15) is 0 Å². The Hall–Kier alpha value is -1.75. The van der Waals surface area contributed by atoms with Gasteiger partial charge in [-0.3, -0.25) is 4.79 Å². The summed E-state index contributed by atoms with van der Waals surface area (Å²) in [5.41, 5.74) is 2.85. The maximum atomic E-state index is 12.3. The van der Waals surface area contributed by atoms with Gasteiger partial charge in [-0.1, -0.05) is 30.5 Å². The Morgan fingerprint density at radius 3 is 2.71 bits per heavy atom. The molecule has 2 heteroatoms. The lowest BCUT2D eigenvalue weighted by molar-refractivity contribution is 0.0776. The van der Waals surface area contributed by atoms with Crippen molar-refractivity contribution in [1.29, 1.82) is 0 Å². The minimum Gasteiger partial charge on any atom is -0.328 e. The van der Waals surface area contributed by atoms with E-state index >= 15 is 0 Å². The van der Waals surface area contributed by atoms with Crippen LogP contribution in [0.3, 0.4) is 0 Å². The number of amides is 1. The lowest BCUT2D eigenvalue weighted by Crippen LogP contribution is -2.32. The summed E-state index contributed by atoms with van der Waals surface area (Å²) >= 11 is 0. The molecule has 1 aromatic carbocycles. The number of hydrogen-bond acceptors (Lipinski definition) is 1. The summed E-state index contributed by atoms with van der Waals surface area (Å²) in [6, 6.07) is 5.91. The molecule has 0 N–H and O–H groups in total. The fourth-order valence-corrected chi connectivity index (χ4v) is 1.77. The van der Waals surface area contributed by atoms with Crippen LogP contribution in [0.15, 0.2) is 18.2 Å². The Kier molecular flexibility index (Phi) is 4.78. The standard InChI is InChI=1S/C15H19NO/c1-5-9-16(10-6-2)15(17)14-11-12(3)7-8-13(14)4/h1,7-8,11H,6,9-10H2,2-4H3. The highest BCUT2D eigenvalue weighted by molar-refractivity contribution is 5.96. The normalized spacial score (nSPS) is 9.76. The van der Waals surface area contributed by atoms with Crippen LogP contribution in [-0.4, -0.2) is 23.9 Å². The van der Waals surface area contributed by atoms with Crippen LogP contribution in [0.25, 0.3) is 0 Å². The summed E-state index contributed by atoms with van der Waals surface area (Å²) in [5, 5.41) is 0. The van der Waals surface area contributed by atoms with Crippen molar-refractivity contribution in [3.8, 4) is 12.3 Å². The summed E-state index contributed by atoms with van der Waals surface area (Å²) < 4.78 is 0. The molecule has 1 rings (SSSR count). The third kappa shape index (κ3) is 3.35. The monoisotopic (exact) mass is 229 g/mol. The molecule has 1 amide bonds. The van der Waals surface area contributed by atoms with E-state index in [1.807, 2.05) is 39.0 Å². The van der Waals surface area contributed by atoms with E-state index in [4.69, 9.17) is 6.42 Å². The molecular formula is C15H19NO. The average molecular weight is 229 g/mol. The predicted octanol–water partition coefficient (Wildman–Crippen LogP) is 2.79. The number of carbonyl (C=O) groups excluding carboxylic acids is 1. The zero-order chi connectivity index (χ0) is 12.8. The second-order valence-electron chi connectivity index (χ2n) is 4.25. The number of benzene rings is 1. The highest BCUT2D eigenvalue weighted by Crippen LogP contribution is 2.13. The molecule has 0 unspecified atom stereocenters. The van der Waals surface area contributed by atoms with Gasteiger partial charge in [0.25, 0.3) is 5.91 Å². The van der Waals surface area contributed by atoms with Crippen LogP contribution >= 0.6 is 0 Å². The molecule has 0 saturated carbocycles. The molecule has 0 saturated heterocycles. The smallest absolute Gasteiger partial charge is 0.254 e. The topological polar surface area (TPSA) is 20.3 Å². The van der Waals surface area contributed by atoms with E-state index in [2.05, 4.69) is 5.92 Å². The molecule has 1 aromatic rings. The van der Waals surface area contributed by atoms with Crippen LogP contribution < -0.4 is 0 Å². The molecule has 0 aliphatic rings. The quantitative estimate of drug-likeness (QED) is 0.727. The van der Waals surface area contributed by atoms with E-state index in [0.717, 1.165) is 23.1 Å². The van der Waals surface area contributed by atoms with Crippen molar-refractivity contribution < 1.29 is 4.79 Å². The first-order valence-electron chi connectivity index (χ1n) is 5.90. The molecule has 90 valence electrons. The first-order chi connectivity index (χ1) is 8.10. The lowest BCUT2D eigenvalue weighted by Gasteiger charge is -2.20. The molecule has 0 bridgehead atoms. The molecule has 0 fully saturated rings. The zero-order valence-corrected chi connectivity index (χ0v) is 10.8. The molecule has 0 aromatic heterocycles. The fourth-order valence-electron chi connectivity index (χ4n) is 1.77. The van der Waals surface area contributed by atoms with Gasteiger partial charge in [0, 0.05) is 12.1 Å². The number of terminal acetylenes is 1. The average Bonchev–Trinajstić information content (AvgIpc) is 2.31. The molecule has 17 heavy (non-hydrogen) atoms. The van der Waals surface area contributed by atoms with Crippen LogP contribution in [0.4, 0.5) is 0 Å². The van der Waals surface area contributed by atoms with E-state index < -0.39 is 0 Å². The summed E-state index contributed by atoms with van der Waals surface area (Å²) in [6.07, 6.45) is 6.21. The first-order valence-corrected chi connectivity index (χ1v) is 5.90. The molecule has 0 spiro atoms. The molecule has 0 atom stereocenters. The summed E-state index contributed by atoms with van der Waals surface area (Å²) in [7, 11) is 0. The van der Waals surface area contributed by atoms with Crippen LogP contribution in [0, 0.1) is 26.2 Å². The van der Waals surface area contributed by atoms with E-state index in [1.54, 1.807) is 4.90 Å². The van der Waals surface area contributed by atoms with Crippen molar-refractivity contribution in [3.63, 3.8) is 0 Å². The van der Waals surface area contributed by atoms with Crippen molar-refractivity contribution in [2.45, 2.75) is 27.2 Å². The summed E-state index contributed by atoms with van der Waals surface area (Å²) in [4.78, 5) is 14.1. The van der Waals surface area contributed by atoms with Gasteiger partial charge in [0.2, 0.25) is 0 Å². The number of hydrogen-bond donors (Lipinski definition) is 0. The van der Waals surface area contributed by atoms with Crippen molar-refractivity contribution >= 4 is 5.91 Å². The number of aryl methyl sites for hydroxylation is 2. The van der Waals surface area contributed by atoms with Crippen LogP contribution in [0.5, 0.6) is 0 Å². The van der Waals surface area contributed by atoms with Gasteiger partial charge in [0.15, 0.2) is 0 Å². The largest absolute Gasteiger partial charge is 0.328 e. The minimum atomic E-state index is 0.0333. The highest BCUT2D eigenvalue weighted by Gasteiger charge is 2.15. The summed E-state index contributed by atoms with van der Waals surface area (Å²) in [5.74, 6) is 2.58. The molecule has 0 radical (unpaired) electrons. The van der Waals surface area contributed by atoms with Crippen molar-refractivity contribution in [1.82, 2.24) is 4.90 Å². The van der Waals surface area contributed by atoms with Crippen molar-refractivity contribution in [2.24, 2.45) is 0 Å². The Morgan fingerprint density at radius 2 is 2.12 bits per heavy atom. The number of nitrogens with zero attached hydrogens (tertiary/aromatic N) is 1. The van der Waals surface area contributed by atoms with Gasteiger partial charge in [-0.05, 0) is 31.9 Å². The zero-order valence-electron chi connectivity index (χ0n) is 10.8. The van der Waals surface area contributed by atoms with E-state index in [9.17, 15) is 4.79 Å². The van der Waals surface area contributed by atoms with Gasteiger partial charge in [0.05, 0.1) is 6.54 Å². The third-order valence-corrected chi connectivity index (χ3v) is 2.69. The Morgan fingerprint density at radius 1 is 1.41 bits per heavy atom. The highest BCUT2D eigenvalue weighted by atomic mass is 16.2. The van der Waals surface area contributed by atoms with E-state index in [1.165, 1.54) is 0 Å². The maximum absolute atomic E-state index is 12.3. The fraction of sp³-hybridized carbons (Fsp3) is 0.400. The van der Waals surface area contributed by atoms with Gasteiger partial charge in [-0.2, -0.15) is 0 Å². The van der Waals surface area contributed by atoms with E-state index in [-0.39, 0.29) is 5.91 Å². The van der Waals surface area contributed by atoms with Crippen molar-refractivity contribution in [2.75, 3.05) is 13.1 Å². The van der Waals surface area contributed by atoms with Gasteiger partial charge >= 0.3 is 0 Å². The van der Waals surface area contributed by atoms with Crippen LogP contribution in [0.1, 0.15) is 34.8 Å². The Bertz CT molecular complexity index is 443. The van der Waals surface area contributed by atoms with E-state index in [0.29, 0.717) is 13.1 Å². The van der Waals surface area contributed by atoms with Gasteiger partial charge in [-0.25, -0.2) is 0 Å². The second-order valence-corrected chi connectivity index (χ2v) is 4.25. The van der Waals surface area contributed by atoms with Crippen molar-refractivity contribution in [3.05, 3.63) is 34.9 Å². The number of rotatable bonds is 4. The van der Waals surface area contributed by atoms with Crippen LogP contribution in [-0.2, 0) is 0 Å². The lowest BCUT2D eigenvalue weighted by atomic mass is 10.0. The first kappa shape index (κ1) is 13.3. The minimum absolute atomic E-state index is 0.0333. The SMILES string of the molecule is C#CCN(CCC)C(=O)c1cc(C)ccc1C. The van der Waals surface area contributed by atoms with Gasteiger partial charge in [-0.15, -0.1) is 6.42 Å². The van der Waals surface area contributed by atoms with Gasteiger partial charge < -0.3 is 4.90 Å². The Balaban J connectivity index is 3.00. The molecular weight excluding hydrogens is 210 g/mol. The predicted molar refractivity (Wildman–Crippen MR) is 70.9 cm³/mol. The summed E-state index contributed by atoms with van der Waals surface area (Å²) in [6.45, 7) is 7.06. The number of carbonyl (C=O) groups is 1.